The Balaban J connectivity index is 1.34. The molecular formula is C21H24ClN3O3. The first kappa shape index (κ1) is 18.9. The van der Waals surface area contributed by atoms with Crippen molar-refractivity contribution in [2.24, 2.45) is 0 Å². The van der Waals surface area contributed by atoms with Crippen molar-refractivity contribution in [3.8, 4) is 11.5 Å². The molecule has 1 amide bonds. The number of nitrogens with zero attached hydrogens (tertiary/aromatic N) is 2. The van der Waals surface area contributed by atoms with Crippen LogP contribution in [0.4, 0.5) is 11.4 Å². The average molecular weight is 402 g/mol. The zero-order chi connectivity index (χ0) is 19.5. The van der Waals surface area contributed by atoms with E-state index in [1.54, 1.807) is 0 Å². The van der Waals surface area contributed by atoms with E-state index in [4.69, 9.17) is 21.1 Å². The molecule has 2 aliphatic rings. The lowest BCUT2D eigenvalue weighted by Gasteiger charge is -2.38. The lowest BCUT2D eigenvalue weighted by atomic mass is 10.2. The van der Waals surface area contributed by atoms with Crippen LogP contribution in [-0.4, -0.2) is 56.2 Å². The largest absolute Gasteiger partial charge is 0.486 e. The van der Waals surface area contributed by atoms with Gasteiger partial charge in [-0.1, -0.05) is 23.7 Å². The van der Waals surface area contributed by atoms with Crippen LogP contribution in [0.5, 0.6) is 11.5 Å². The fourth-order valence-corrected chi connectivity index (χ4v) is 3.85. The lowest BCUT2D eigenvalue weighted by Crippen LogP contribution is -2.52. The number of para-hydroxylation sites is 1. The first-order valence-electron chi connectivity index (χ1n) is 9.56. The van der Waals surface area contributed by atoms with Crippen molar-refractivity contribution in [3.63, 3.8) is 0 Å². The van der Waals surface area contributed by atoms with Gasteiger partial charge < -0.3 is 19.7 Å². The number of carbonyl (C=O) groups is 1. The van der Waals surface area contributed by atoms with Crippen LogP contribution in [0.1, 0.15) is 6.92 Å². The van der Waals surface area contributed by atoms with Crippen molar-refractivity contribution in [1.82, 2.24) is 4.90 Å². The molecule has 2 heterocycles. The van der Waals surface area contributed by atoms with Gasteiger partial charge in [-0.3, -0.25) is 9.69 Å². The molecule has 0 bridgehead atoms. The van der Waals surface area contributed by atoms with E-state index < -0.39 is 0 Å². The number of hydrogen-bond acceptors (Lipinski definition) is 5. The lowest BCUT2D eigenvalue weighted by molar-refractivity contribution is -0.120. The summed E-state index contributed by atoms with van der Waals surface area (Å²) in [5.74, 6) is 1.36. The van der Waals surface area contributed by atoms with Crippen molar-refractivity contribution in [3.05, 3.63) is 47.5 Å². The monoisotopic (exact) mass is 401 g/mol. The molecule has 1 fully saturated rings. The molecular weight excluding hydrogens is 378 g/mol. The molecule has 0 saturated carbocycles. The highest BCUT2D eigenvalue weighted by Crippen LogP contribution is 2.32. The molecule has 1 atom stereocenters. The number of ether oxygens (including phenoxy) is 2. The maximum Gasteiger partial charge on any atom is 0.241 e. The molecule has 6 nitrogen and oxygen atoms in total. The molecule has 0 radical (unpaired) electrons. The summed E-state index contributed by atoms with van der Waals surface area (Å²) in [6, 6.07) is 13.1. The van der Waals surface area contributed by atoms with Crippen LogP contribution >= 0.6 is 11.6 Å². The Hall–Kier alpha value is -2.44. The number of carbonyl (C=O) groups excluding carboxylic acids is 1. The second kappa shape index (κ2) is 8.29. The number of fused-ring (bicyclic) bond motifs is 1. The zero-order valence-electron chi connectivity index (χ0n) is 15.9. The Morgan fingerprint density at radius 2 is 1.75 bits per heavy atom. The molecule has 1 saturated heterocycles. The number of piperazine rings is 1. The molecule has 0 unspecified atom stereocenters. The third-order valence-corrected chi connectivity index (χ3v) is 5.56. The van der Waals surface area contributed by atoms with Gasteiger partial charge in [0.25, 0.3) is 0 Å². The maximum atomic E-state index is 12.7. The second-order valence-electron chi connectivity index (χ2n) is 7.00. The van der Waals surface area contributed by atoms with E-state index in [9.17, 15) is 4.79 Å². The van der Waals surface area contributed by atoms with E-state index >= 15 is 0 Å². The smallest absolute Gasteiger partial charge is 0.241 e. The van der Waals surface area contributed by atoms with E-state index in [0.29, 0.717) is 24.7 Å². The molecule has 28 heavy (non-hydrogen) atoms. The van der Waals surface area contributed by atoms with Crippen LogP contribution in [0.3, 0.4) is 0 Å². The highest BCUT2D eigenvalue weighted by molar-refractivity contribution is 6.33. The average Bonchev–Trinajstić information content (AvgIpc) is 2.73. The number of nitrogens with one attached hydrogen (secondary N) is 1. The van der Waals surface area contributed by atoms with Crippen molar-refractivity contribution in [2.45, 2.75) is 13.0 Å². The Morgan fingerprint density at radius 3 is 2.50 bits per heavy atom. The Kier molecular flexibility index (Phi) is 5.59. The summed E-state index contributed by atoms with van der Waals surface area (Å²) in [6.45, 7) is 6.31. The predicted octanol–water partition coefficient (Wildman–Crippen LogP) is 3.26. The minimum atomic E-state index is -0.221. The van der Waals surface area contributed by atoms with E-state index in [0.717, 1.165) is 42.6 Å². The predicted molar refractivity (Wildman–Crippen MR) is 111 cm³/mol. The van der Waals surface area contributed by atoms with E-state index in [1.807, 2.05) is 49.4 Å². The highest BCUT2D eigenvalue weighted by atomic mass is 35.5. The van der Waals surface area contributed by atoms with Gasteiger partial charge in [0.2, 0.25) is 5.91 Å². The van der Waals surface area contributed by atoms with Crippen LogP contribution < -0.4 is 19.7 Å². The van der Waals surface area contributed by atoms with E-state index in [2.05, 4.69) is 15.1 Å². The van der Waals surface area contributed by atoms with Gasteiger partial charge in [-0.05, 0) is 31.2 Å². The van der Waals surface area contributed by atoms with E-state index in [1.165, 1.54) is 0 Å². The summed E-state index contributed by atoms with van der Waals surface area (Å²) in [5.41, 5.74) is 1.77. The van der Waals surface area contributed by atoms with E-state index in [-0.39, 0.29) is 11.9 Å². The van der Waals surface area contributed by atoms with Gasteiger partial charge in [-0.15, -0.1) is 0 Å². The minimum absolute atomic E-state index is 0.0251. The van der Waals surface area contributed by atoms with Crippen LogP contribution in [-0.2, 0) is 4.79 Å². The molecule has 0 aliphatic carbocycles. The Bertz CT molecular complexity index is 853. The number of benzene rings is 2. The van der Waals surface area contributed by atoms with Crippen molar-refractivity contribution >= 4 is 28.9 Å². The highest BCUT2D eigenvalue weighted by Gasteiger charge is 2.26. The summed E-state index contributed by atoms with van der Waals surface area (Å²) in [7, 11) is 0. The molecule has 4 rings (SSSR count). The summed E-state index contributed by atoms with van der Waals surface area (Å²) in [5, 5.41) is 3.75. The molecule has 0 spiro atoms. The topological polar surface area (TPSA) is 54.0 Å². The minimum Gasteiger partial charge on any atom is -0.486 e. The number of hydrogen-bond donors (Lipinski definition) is 1. The molecule has 2 aromatic carbocycles. The first-order valence-corrected chi connectivity index (χ1v) is 9.93. The van der Waals surface area contributed by atoms with Gasteiger partial charge in [0.15, 0.2) is 11.5 Å². The van der Waals surface area contributed by atoms with Gasteiger partial charge in [0.1, 0.15) is 13.2 Å². The van der Waals surface area contributed by atoms with Gasteiger partial charge in [-0.25, -0.2) is 0 Å². The van der Waals surface area contributed by atoms with Crippen LogP contribution in [0.2, 0.25) is 5.02 Å². The van der Waals surface area contributed by atoms with Gasteiger partial charge in [0.05, 0.1) is 16.8 Å². The maximum absolute atomic E-state index is 12.7. The number of halogens is 1. The first-order chi connectivity index (χ1) is 13.6. The van der Waals surface area contributed by atoms with Crippen molar-refractivity contribution in [2.75, 3.05) is 49.6 Å². The van der Waals surface area contributed by atoms with Crippen molar-refractivity contribution in [1.29, 1.82) is 0 Å². The number of anilines is 2. The van der Waals surface area contributed by atoms with Crippen molar-refractivity contribution < 1.29 is 14.3 Å². The molecule has 148 valence electrons. The normalized spacial score (nSPS) is 17.9. The Labute approximate surface area is 170 Å². The molecule has 2 aliphatic heterocycles. The molecule has 1 N–H and O–H groups in total. The molecule has 2 aromatic rings. The summed E-state index contributed by atoms with van der Waals surface area (Å²) in [4.78, 5) is 17.2. The molecule has 0 aromatic heterocycles. The standard InChI is InChI=1S/C21H24ClN3O3/c1-15(21(26)23-16-6-7-19-20(14-16)28-13-12-27-19)24-8-10-25(11-9-24)18-5-3-2-4-17(18)22/h2-7,14-15H,8-13H2,1H3,(H,23,26)/t15-/m1/s1. The quantitative estimate of drug-likeness (QED) is 0.852. The molecule has 7 heteroatoms. The van der Waals surface area contributed by atoms with Crippen LogP contribution in [0.15, 0.2) is 42.5 Å². The van der Waals surface area contributed by atoms with Crippen LogP contribution in [0.25, 0.3) is 0 Å². The third-order valence-electron chi connectivity index (χ3n) is 5.24. The SMILES string of the molecule is C[C@H](C(=O)Nc1ccc2c(c1)OCCO2)N1CCN(c2ccccc2Cl)CC1. The number of rotatable bonds is 4. The van der Waals surface area contributed by atoms with Crippen LogP contribution in [0, 0.1) is 0 Å². The summed E-state index contributed by atoms with van der Waals surface area (Å²) < 4.78 is 11.1. The third kappa shape index (κ3) is 4.03. The van der Waals surface area contributed by atoms with Gasteiger partial charge in [0, 0.05) is 37.9 Å². The van der Waals surface area contributed by atoms with Gasteiger partial charge >= 0.3 is 0 Å². The number of amides is 1. The van der Waals surface area contributed by atoms with Gasteiger partial charge in [-0.2, -0.15) is 0 Å². The fourth-order valence-electron chi connectivity index (χ4n) is 3.59. The fraction of sp³-hybridized carbons (Fsp3) is 0.381. The Morgan fingerprint density at radius 1 is 1.04 bits per heavy atom. The summed E-state index contributed by atoms with van der Waals surface area (Å²) in [6.07, 6.45) is 0. The summed E-state index contributed by atoms with van der Waals surface area (Å²) >= 11 is 6.31. The zero-order valence-corrected chi connectivity index (χ0v) is 16.6. The second-order valence-corrected chi connectivity index (χ2v) is 7.41.